The second kappa shape index (κ2) is 10.7. The van der Waals surface area contributed by atoms with Gasteiger partial charge in [-0.3, -0.25) is 4.79 Å². The second-order valence-electron chi connectivity index (χ2n) is 9.14. The molecule has 0 unspecified atom stereocenters. The van der Waals surface area contributed by atoms with Gasteiger partial charge >= 0.3 is 0 Å². The smallest absolute Gasteiger partial charge is 0.242 e. The number of hydrogen-bond acceptors (Lipinski definition) is 5. The molecule has 0 saturated carbocycles. The van der Waals surface area contributed by atoms with Crippen molar-refractivity contribution in [1.29, 1.82) is 0 Å². The van der Waals surface area contributed by atoms with E-state index in [1.165, 1.54) is 17.0 Å². The first-order valence-corrected chi connectivity index (χ1v) is 13.2. The second-order valence-corrected chi connectivity index (χ2v) is 11.2. The molecule has 1 amide bonds. The molecule has 4 rings (SSSR count). The highest BCUT2D eigenvalue weighted by atomic mass is 32.2. The number of sulfone groups is 1. The summed E-state index contributed by atoms with van der Waals surface area (Å²) in [5.41, 5.74) is 3.84. The molecule has 1 saturated heterocycles. The molecule has 1 aliphatic rings. The van der Waals surface area contributed by atoms with E-state index in [0.717, 1.165) is 22.3 Å². The summed E-state index contributed by atoms with van der Waals surface area (Å²) in [5, 5.41) is 8.98. The van der Waals surface area contributed by atoms with Gasteiger partial charge in [-0.05, 0) is 37.1 Å². The summed E-state index contributed by atoms with van der Waals surface area (Å²) in [4.78, 5) is 15.3. The summed E-state index contributed by atoms with van der Waals surface area (Å²) in [7, 11) is -4.01. The molecule has 0 aliphatic carbocycles. The molecule has 35 heavy (non-hydrogen) atoms. The maximum atomic E-state index is 13.7. The van der Waals surface area contributed by atoms with Crippen molar-refractivity contribution >= 4 is 15.7 Å². The third-order valence-electron chi connectivity index (χ3n) is 6.58. The molecule has 3 atom stereocenters. The summed E-state index contributed by atoms with van der Waals surface area (Å²) in [6.07, 6.45) is 0. The Morgan fingerprint density at radius 3 is 2.06 bits per heavy atom. The zero-order chi connectivity index (χ0) is 25.0. The van der Waals surface area contributed by atoms with E-state index in [1.807, 2.05) is 68.4 Å². The van der Waals surface area contributed by atoms with Crippen LogP contribution in [0.15, 0.2) is 83.8 Å². The number of aliphatic hydroxyl groups excluding tert-OH is 1. The fraction of sp³-hybridized carbons (Fsp3) is 0.321. The lowest BCUT2D eigenvalue weighted by atomic mass is 10.0. The number of nitrogens with zero attached hydrogens (tertiary/aromatic N) is 1. The molecule has 1 heterocycles. The van der Waals surface area contributed by atoms with Crippen molar-refractivity contribution in [3.05, 3.63) is 101 Å². The van der Waals surface area contributed by atoms with Gasteiger partial charge in [-0.2, -0.15) is 0 Å². The minimum atomic E-state index is -4.01. The standard InChI is InChI=1S/C28H31NO5S/c1-20-8-12-22(13-9-20)16-29-26(17-30)25(19-34-18-23-6-4-3-5-7-23)27(28(29)31)35(32,33)24-14-10-21(2)11-15-24/h3-15,25-27,30H,16-19H2,1-2H3/t25-,26-,27+/m0/s1. The molecule has 1 aliphatic heterocycles. The van der Waals surface area contributed by atoms with Crippen molar-refractivity contribution < 1.29 is 23.1 Å². The van der Waals surface area contributed by atoms with Gasteiger partial charge in [0.25, 0.3) is 0 Å². The van der Waals surface area contributed by atoms with Crippen LogP contribution in [0.1, 0.15) is 22.3 Å². The fourth-order valence-corrected chi connectivity index (χ4v) is 6.51. The third-order valence-corrected chi connectivity index (χ3v) is 8.73. The molecule has 184 valence electrons. The van der Waals surface area contributed by atoms with Crippen LogP contribution in [0.4, 0.5) is 0 Å². The summed E-state index contributed by atoms with van der Waals surface area (Å²) in [6, 6.07) is 23.1. The van der Waals surface area contributed by atoms with Crippen LogP contribution in [0, 0.1) is 19.8 Å². The Balaban J connectivity index is 1.65. The van der Waals surface area contributed by atoms with E-state index < -0.39 is 33.0 Å². The predicted octanol–water partition coefficient (Wildman–Crippen LogP) is 3.68. The Kier molecular flexibility index (Phi) is 7.69. The molecule has 0 radical (unpaired) electrons. The van der Waals surface area contributed by atoms with Gasteiger partial charge in [0.1, 0.15) is 0 Å². The highest BCUT2D eigenvalue weighted by Crippen LogP contribution is 2.35. The Morgan fingerprint density at radius 2 is 1.46 bits per heavy atom. The maximum Gasteiger partial charge on any atom is 0.242 e. The predicted molar refractivity (Wildman–Crippen MR) is 134 cm³/mol. The van der Waals surface area contributed by atoms with Crippen LogP contribution in [0.25, 0.3) is 0 Å². The summed E-state index contributed by atoms with van der Waals surface area (Å²) in [6.45, 7) is 4.05. The molecular weight excluding hydrogens is 462 g/mol. The molecule has 3 aromatic rings. The molecule has 6 nitrogen and oxygen atoms in total. The van der Waals surface area contributed by atoms with E-state index in [0.29, 0.717) is 6.61 Å². The summed E-state index contributed by atoms with van der Waals surface area (Å²) >= 11 is 0. The van der Waals surface area contributed by atoms with Gasteiger partial charge < -0.3 is 14.7 Å². The van der Waals surface area contributed by atoms with E-state index in [2.05, 4.69) is 0 Å². The number of aryl methyl sites for hydroxylation is 2. The van der Waals surface area contributed by atoms with Crippen LogP contribution in [0.5, 0.6) is 0 Å². The van der Waals surface area contributed by atoms with Crippen LogP contribution in [-0.2, 0) is 32.5 Å². The fourth-order valence-electron chi connectivity index (χ4n) is 4.59. The lowest BCUT2D eigenvalue weighted by molar-refractivity contribution is -0.129. The SMILES string of the molecule is Cc1ccc(CN2C(=O)[C@H](S(=O)(=O)c3ccc(C)cc3)[C@@H](COCc3ccccc3)[C@@H]2CO)cc1. The molecule has 0 spiro atoms. The number of amides is 1. The highest BCUT2D eigenvalue weighted by molar-refractivity contribution is 7.92. The number of ether oxygens (including phenoxy) is 1. The van der Waals surface area contributed by atoms with Crippen LogP contribution in [0.3, 0.4) is 0 Å². The number of benzene rings is 3. The van der Waals surface area contributed by atoms with Gasteiger partial charge in [0, 0.05) is 12.5 Å². The number of hydrogen-bond donors (Lipinski definition) is 1. The lowest BCUT2D eigenvalue weighted by Gasteiger charge is -2.26. The van der Waals surface area contributed by atoms with Gasteiger partial charge in [-0.15, -0.1) is 0 Å². The zero-order valence-corrected chi connectivity index (χ0v) is 20.8. The van der Waals surface area contributed by atoms with Crippen molar-refractivity contribution in [2.45, 2.75) is 43.2 Å². The minimum Gasteiger partial charge on any atom is -0.394 e. The minimum absolute atomic E-state index is 0.0337. The molecule has 7 heteroatoms. The number of likely N-dealkylation sites (tertiary alicyclic amines) is 1. The zero-order valence-electron chi connectivity index (χ0n) is 20.0. The summed E-state index contributed by atoms with van der Waals surface area (Å²) < 4.78 is 33.4. The Hall–Kier alpha value is -3.00. The average Bonchev–Trinajstić information content (AvgIpc) is 3.12. The van der Waals surface area contributed by atoms with Crippen LogP contribution < -0.4 is 0 Å². The molecule has 1 N–H and O–H groups in total. The Morgan fingerprint density at radius 1 is 0.857 bits per heavy atom. The van der Waals surface area contributed by atoms with E-state index >= 15 is 0 Å². The summed E-state index contributed by atoms with van der Waals surface area (Å²) in [5.74, 6) is -1.22. The highest BCUT2D eigenvalue weighted by Gasteiger charge is 2.54. The number of carbonyl (C=O) groups excluding carboxylic acids is 1. The van der Waals surface area contributed by atoms with Crippen molar-refractivity contribution in [3.8, 4) is 0 Å². The molecular formula is C28H31NO5S. The number of aliphatic hydroxyl groups is 1. The Labute approximate surface area is 207 Å². The first kappa shape index (κ1) is 25.1. The van der Waals surface area contributed by atoms with Gasteiger partial charge in [-0.1, -0.05) is 77.9 Å². The van der Waals surface area contributed by atoms with Gasteiger partial charge in [0.05, 0.1) is 30.8 Å². The molecule has 0 bridgehead atoms. The largest absolute Gasteiger partial charge is 0.394 e. The van der Waals surface area contributed by atoms with Gasteiger partial charge in [0.15, 0.2) is 15.1 Å². The molecule has 3 aromatic carbocycles. The number of carbonyl (C=O) groups is 1. The van der Waals surface area contributed by atoms with Gasteiger partial charge in [-0.25, -0.2) is 8.42 Å². The van der Waals surface area contributed by atoms with E-state index in [-0.39, 0.29) is 24.7 Å². The lowest BCUT2D eigenvalue weighted by Crippen LogP contribution is -2.38. The van der Waals surface area contributed by atoms with Crippen molar-refractivity contribution in [2.24, 2.45) is 5.92 Å². The van der Waals surface area contributed by atoms with Crippen LogP contribution in [0.2, 0.25) is 0 Å². The topological polar surface area (TPSA) is 83.9 Å². The van der Waals surface area contributed by atoms with Crippen LogP contribution in [-0.4, -0.2) is 48.8 Å². The first-order valence-electron chi connectivity index (χ1n) is 11.7. The van der Waals surface area contributed by atoms with E-state index in [9.17, 15) is 18.3 Å². The first-order chi connectivity index (χ1) is 16.8. The normalized spacial score (nSPS) is 20.4. The quantitative estimate of drug-likeness (QED) is 0.492. The van der Waals surface area contributed by atoms with E-state index in [4.69, 9.17) is 4.74 Å². The number of rotatable bonds is 9. The monoisotopic (exact) mass is 493 g/mol. The van der Waals surface area contributed by atoms with E-state index in [1.54, 1.807) is 12.1 Å². The third kappa shape index (κ3) is 5.48. The van der Waals surface area contributed by atoms with Crippen LogP contribution >= 0.6 is 0 Å². The molecule has 0 aromatic heterocycles. The maximum absolute atomic E-state index is 13.7. The Bertz CT molecular complexity index is 1240. The van der Waals surface area contributed by atoms with Crippen molar-refractivity contribution in [2.75, 3.05) is 13.2 Å². The molecule has 1 fully saturated rings. The average molecular weight is 494 g/mol. The van der Waals surface area contributed by atoms with Crippen molar-refractivity contribution in [1.82, 2.24) is 4.90 Å². The van der Waals surface area contributed by atoms with Crippen molar-refractivity contribution in [3.63, 3.8) is 0 Å². The van der Waals surface area contributed by atoms with Gasteiger partial charge in [0.2, 0.25) is 5.91 Å².